The zero-order valence-electron chi connectivity index (χ0n) is 15.8. The Bertz CT molecular complexity index is 978. The summed E-state index contributed by atoms with van der Waals surface area (Å²) in [6.07, 6.45) is 2.33. The zero-order chi connectivity index (χ0) is 19.9. The summed E-state index contributed by atoms with van der Waals surface area (Å²) < 4.78 is 5.32. The van der Waals surface area contributed by atoms with Gasteiger partial charge in [0.25, 0.3) is 5.91 Å². The standard InChI is InChI=1S/C21H22N4O3/c1-3-14-8-10-15(11-9-14)17-12-18(24-23-17)21(27)25-22-13-16-6-5-7-19(20(16)26)28-4-2/h5-13,26H,3-4H2,1-2H3,(H,23,24)(H,25,27)/b22-13-. The first-order valence-electron chi connectivity index (χ1n) is 9.05. The Balaban J connectivity index is 1.66. The molecule has 3 rings (SSSR count). The number of nitrogens with zero attached hydrogens (tertiary/aromatic N) is 2. The summed E-state index contributed by atoms with van der Waals surface area (Å²) in [5.41, 5.74) is 5.99. The van der Waals surface area contributed by atoms with Crippen molar-refractivity contribution in [2.24, 2.45) is 5.10 Å². The summed E-state index contributed by atoms with van der Waals surface area (Å²) in [4.78, 5) is 12.3. The van der Waals surface area contributed by atoms with E-state index in [1.807, 2.05) is 31.2 Å². The zero-order valence-corrected chi connectivity index (χ0v) is 15.8. The molecule has 2 aromatic carbocycles. The number of hydrazone groups is 1. The number of phenols is 1. The normalized spacial score (nSPS) is 10.9. The summed E-state index contributed by atoms with van der Waals surface area (Å²) in [5, 5.41) is 20.9. The van der Waals surface area contributed by atoms with Gasteiger partial charge >= 0.3 is 0 Å². The fourth-order valence-corrected chi connectivity index (χ4v) is 2.63. The van der Waals surface area contributed by atoms with Gasteiger partial charge in [-0.1, -0.05) is 37.3 Å². The van der Waals surface area contributed by atoms with Crippen LogP contribution in [0.5, 0.6) is 11.5 Å². The summed E-state index contributed by atoms with van der Waals surface area (Å²) in [7, 11) is 0. The number of aromatic hydroxyl groups is 1. The number of phenolic OH excluding ortho intramolecular Hbond substituents is 1. The summed E-state index contributed by atoms with van der Waals surface area (Å²) in [5.74, 6) is -0.0904. The molecule has 0 saturated carbocycles. The fraction of sp³-hybridized carbons (Fsp3) is 0.190. The van der Waals surface area contributed by atoms with Gasteiger partial charge in [-0.25, -0.2) is 5.43 Å². The molecule has 1 amide bonds. The van der Waals surface area contributed by atoms with Crippen LogP contribution in [0.3, 0.4) is 0 Å². The van der Waals surface area contributed by atoms with E-state index in [2.05, 4.69) is 27.6 Å². The minimum atomic E-state index is -0.430. The molecule has 3 aromatic rings. The molecule has 3 N–H and O–H groups in total. The minimum Gasteiger partial charge on any atom is -0.504 e. The lowest BCUT2D eigenvalue weighted by Crippen LogP contribution is -2.18. The fourth-order valence-electron chi connectivity index (χ4n) is 2.63. The van der Waals surface area contributed by atoms with E-state index in [-0.39, 0.29) is 5.75 Å². The highest BCUT2D eigenvalue weighted by atomic mass is 16.5. The van der Waals surface area contributed by atoms with Gasteiger partial charge in [-0.15, -0.1) is 0 Å². The molecule has 7 heteroatoms. The highest BCUT2D eigenvalue weighted by molar-refractivity contribution is 5.94. The molecular weight excluding hydrogens is 356 g/mol. The van der Waals surface area contributed by atoms with Crippen LogP contribution in [0.15, 0.2) is 53.6 Å². The van der Waals surface area contributed by atoms with E-state index in [4.69, 9.17) is 4.74 Å². The molecule has 144 valence electrons. The lowest BCUT2D eigenvalue weighted by molar-refractivity contribution is 0.0950. The van der Waals surface area contributed by atoms with Gasteiger partial charge in [-0.2, -0.15) is 10.2 Å². The van der Waals surface area contributed by atoms with Gasteiger partial charge in [0, 0.05) is 11.1 Å². The van der Waals surface area contributed by atoms with Crippen LogP contribution in [0.25, 0.3) is 11.3 Å². The number of para-hydroxylation sites is 1. The van der Waals surface area contributed by atoms with Gasteiger partial charge in [0.1, 0.15) is 5.69 Å². The average Bonchev–Trinajstić information content (AvgIpc) is 3.21. The number of aromatic amines is 1. The molecule has 7 nitrogen and oxygen atoms in total. The molecule has 1 aromatic heterocycles. The Morgan fingerprint density at radius 1 is 1.25 bits per heavy atom. The van der Waals surface area contributed by atoms with Crippen LogP contribution >= 0.6 is 0 Å². The topological polar surface area (TPSA) is 99.6 Å². The molecule has 1 heterocycles. The second-order valence-corrected chi connectivity index (χ2v) is 6.04. The molecule has 0 aliphatic heterocycles. The lowest BCUT2D eigenvalue weighted by atomic mass is 10.1. The molecule has 0 spiro atoms. The highest BCUT2D eigenvalue weighted by Crippen LogP contribution is 2.28. The first-order chi connectivity index (χ1) is 13.6. The number of rotatable bonds is 7. The van der Waals surface area contributed by atoms with Gasteiger partial charge < -0.3 is 9.84 Å². The van der Waals surface area contributed by atoms with E-state index in [0.29, 0.717) is 29.3 Å². The van der Waals surface area contributed by atoms with E-state index in [1.165, 1.54) is 11.8 Å². The van der Waals surface area contributed by atoms with E-state index in [0.717, 1.165) is 12.0 Å². The number of nitrogens with one attached hydrogen (secondary N) is 2. The van der Waals surface area contributed by atoms with Crippen LogP contribution in [0, 0.1) is 0 Å². The Labute approximate surface area is 163 Å². The van der Waals surface area contributed by atoms with Crippen molar-refractivity contribution < 1.29 is 14.6 Å². The number of aryl methyl sites for hydroxylation is 1. The Morgan fingerprint density at radius 3 is 2.75 bits per heavy atom. The summed E-state index contributed by atoms with van der Waals surface area (Å²) in [6, 6.07) is 14.8. The van der Waals surface area contributed by atoms with Crippen molar-refractivity contribution in [1.29, 1.82) is 0 Å². The van der Waals surface area contributed by atoms with E-state index in [9.17, 15) is 9.90 Å². The largest absolute Gasteiger partial charge is 0.504 e. The van der Waals surface area contributed by atoms with Crippen molar-refractivity contribution in [3.05, 3.63) is 65.4 Å². The van der Waals surface area contributed by atoms with Crippen molar-refractivity contribution in [2.45, 2.75) is 20.3 Å². The number of aromatic nitrogens is 2. The molecule has 28 heavy (non-hydrogen) atoms. The van der Waals surface area contributed by atoms with Gasteiger partial charge in [0.05, 0.1) is 18.5 Å². The molecule has 0 radical (unpaired) electrons. The van der Waals surface area contributed by atoms with Gasteiger partial charge in [0.15, 0.2) is 11.5 Å². The Morgan fingerprint density at radius 2 is 2.04 bits per heavy atom. The minimum absolute atomic E-state index is 0.0262. The predicted molar refractivity (Wildman–Crippen MR) is 108 cm³/mol. The molecule has 0 fully saturated rings. The van der Waals surface area contributed by atoms with Gasteiger partial charge in [-0.3, -0.25) is 9.89 Å². The predicted octanol–water partition coefficient (Wildman–Crippen LogP) is 3.51. The number of H-pyrrole nitrogens is 1. The number of hydrogen-bond acceptors (Lipinski definition) is 5. The number of carbonyl (C=O) groups excluding carboxylic acids is 1. The second-order valence-electron chi connectivity index (χ2n) is 6.04. The number of carbonyl (C=O) groups is 1. The maximum absolute atomic E-state index is 12.3. The average molecular weight is 378 g/mol. The number of hydrogen-bond donors (Lipinski definition) is 3. The van der Waals surface area contributed by atoms with Crippen LogP contribution in [-0.2, 0) is 6.42 Å². The van der Waals surface area contributed by atoms with E-state index < -0.39 is 5.91 Å². The van der Waals surface area contributed by atoms with Gasteiger partial charge in [0.2, 0.25) is 0 Å². The van der Waals surface area contributed by atoms with Crippen molar-refractivity contribution >= 4 is 12.1 Å². The van der Waals surface area contributed by atoms with E-state index >= 15 is 0 Å². The number of ether oxygens (including phenoxy) is 1. The first-order valence-corrected chi connectivity index (χ1v) is 9.05. The van der Waals surface area contributed by atoms with Crippen molar-refractivity contribution in [2.75, 3.05) is 6.61 Å². The number of amides is 1. The van der Waals surface area contributed by atoms with Gasteiger partial charge in [-0.05, 0) is 37.1 Å². The summed E-state index contributed by atoms with van der Waals surface area (Å²) in [6.45, 7) is 4.37. The lowest BCUT2D eigenvalue weighted by Gasteiger charge is -2.07. The Kier molecular flexibility index (Phi) is 6.06. The number of benzene rings is 2. The molecule has 0 aliphatic carbocycles. The third-order valence-corrected chi connectivity index (χ3v) is 4.18. The molecule has 0 saturated heterocycles. The molecule has 0 bridgehead atoms. The quantitative estimate of drug-likeness (QED) is 0.433. The third kappa shape index (κ3) is 4.37. The maximum atomic E-state index is 12.3. The van der Waals surface area contributed by atoms with E-state index in [1.54, 1.807) is 24.3 Å². The molecule has 0 atom stereocenters. The van der Waals surface area contributed by atoms with Crippen LogP contribution in [0.4, 0.5) is 0 Å². The van der Waals surface area contributed by atoms with Crippen LogP contribution in [0.2, 0.25) is 0 Å². The van der Waals surface area contributed by atoms with Crippen LogP contribution in [-0.4, -0.2) is 34.0 Å². The van der Waals surface area contributed by atoms with Crippen molar-refractivity contribution in [3.63, 3.8) is 0 Å². The molecule has 0 unspecified atom stereocenters. The SMILES string of the molecule is CCOc1cccc(/C=N\NC(=O)c2cc(-c3ccc(CC)cc3)n[nH]2)c1O. The smallest absolute Gasteiger partial charge is 0.289 e. The van der Waals surface area contributed by atoms with Crippen LogP contribution < -0.4 is 10.2 Å². The first kappa shape index (κ1) is 19.2. The summed E-state index contributed by atoms with van der Waals surface area (Å²) >= 11 is 0. The van der Waals surface area contributed by atoms with Crippen molar-refractivity contribution in [3.8, 4) is 22.8 Å². The maximum Gasteiger partial charge on any atom is 0.289 e. The van der Waals surface area contributed by atoms with Crippen LogP contribution in [0.1, 0.15) is 35.5 Å². The monoisotopic (exact) mass is 378 g/mol. The second kappa shape index (κ2) is 8.85. The highest BCUT2D eigenvalue weighted by Gasteiger charge is 2.11. The Hall–Kier alpha value is -3.61. The molecule has 0 aliphatic rings. The molecular formula is C21H22N4O3. The van der Waals surface area contributed by atoms with Crippen molar-refractivity contribution in [1.82, 2.24) is 15.6 Å². The third-order valence-electron chi connectivity index (χ3n) is 4.18.